The first kappa shape index (κ1) is 21.6. The van der Waals surface area contributed by atoms with E-state index in [0.717, 1.165) is 41.0 Å². The molecule has 8 nitrogen and oxygen atoms in total. The van der Waals surface area contributed by atoms with Gasteiger partial charge in [-0.05, 0) is 37.1 Å². The molecule has 1 aromatic carbocycles. The summed E-state index contributed by atoms with van der Waals surface area (Å²) in [5.74, 6) is 2.54. The predicted molar refractivity (Wildman–Crippen MR) is 118 cm³/mol. The Kier molecular flexibility index (Phi) is 7.24. The lowest BCUT2D eigenvalue weighted by Gasteiger charge is -2.18. The molecule has 3 aromatic rings. The number of nitrogens with zero attached hydrogens (tertiary/aromatic N) is 3. The van der Waals surface area contributed by atoms with Crippen molar-refractivity contribution >= 4 is 22.8 Å². The van der Waals surface area contributed by atoms with E-state index in [-0.39, 0.29) is 12.6 Å². The first-order valence-electron chi connectivity index (χ1n) is 10.0. The summed E-state index contributed by atoms with van der Waals surface area (Å²) in [5, 5.41) is 16.3. The highest BCUT2D eigenvalue weighted by Gasteiger charge is 2.14. The quantitative estimate of drug-likeness (QED) is 0.466. The Balaban J connectivity index is 1.90. The molecule has 2 aromatic heterocycles. The molecule has 0 bridgehead atoms. The first-order chi connectivity index (χ1) is 14.6. The van der Waals surface area contributed by atoms with Crippen LogP contribution in [0.15, 0.2) is 30.5 Å². The van der Waals surface area contributed by atoms with Gasteiger partial charge in [-0.15, -0.1) is 0 Å². The number of aliphatic hydroxyl groups excluding tert-OH is 1. The van der Waals surface area contributed by atoms with Crippen molar-refractivity contribution < 1.29 is 14.6 Å². The second-order valence-corrected chi connectivity index (χ2v) is 7.12. The zero-order chi connectivity index (χ0) is 21.5. The lowest BCUT2D eigenvalue weighted by Crippen LogP contribution is -2.24. The normalized spacial score (nSPS) is 11.9. The molecule has 0 aliphatic rings. The predicted octanol–water partition coefficient (Wildman–Crippen LogP) is 3.54. The number of benzene rings is 1. The van der Waals surface area contributed by atoms with Gasteiger partial charge in [0, 0.05) is 24.4 Å². The van der Waals surface area contributed by atoms with Crippen LogP contribution in [0.5, 0.6) is 11.5 Å². The van der Waals surface area contributed by atoms with E-state index in [1.54, 1.807) is 20.4 Å². The maximum atomic E-state index is 9.69. The SMILES string of the molecule is CCCC(CO)Nc1nc(NCc2ccc(OC)cc2OC)nc2cc(C)cnc12. The van der Waals surface area contributed by atoms with Crippen LogP contribution in [-0.2, 0) is 6.54 Å². The number of rotatable bonds is 10. The molecule has 3 N–H and O–H groups in total. The molecule has 1 unspecified atom stereocenters. The van der Waals surface area contributed by atoms with Crippen molar-refractivity contribution in [3.05, 3.63) is 41.6 Å². The van der Waals surface area contributed by atoms with Gasteiger partial charge in [-0.2, -0.15) is 4.98 Å². The van der Waals surface area contributed by atoms with E-state index in [1.807, 2.05) is 31.2 Å². The van der Waals surface area contributed by atoms with E-state index in [4.69, 9.17) is 9.47 Å². The fraction of sp³-hybridized carbons (Fsp3) is 0.409. The molecular formula is C22H29N5O3. The number of hydrogen-bond donors (Lipinski definition) is 3. The molecule has 0 aliphatic heterocycles. The Morgan fingerprint density at radius 1 is 1.13 bits per heavy atom. The van der Waals surface area contributed by atoms with Crippen LogP contribution in [0, 0.1) is 6.92 Å². The molecule has 0 radical (unpaired) electrons. The maximum Gasteiger partial charge on any atom is 0.225 e. The van der Waals surface area contributed by atoms with Crippen molar-refractivity contribution in [1.82, 2.24) is 15.0 Å². The van der Waals surface area contributed by atoms with Crippen molar-refractivity contribution in [2.45, 2.75) is 39.3 Å². The van der Waals surface area contributed by atoms with Crippen LogP contribution in [0.3, 0.4) is 0 Å². The van der Waals surface area contributed by atoms with Crippen LogP contribution in [0.2, 0.25) is 0 Å². The lowest BCUT2D eigenvalue weighted by atomic mass is 10.2. The third-order valence-corrected chi connectivity index (χ3v) is 4.80. The van der Waals surface area contributed by atoms with Crippen LogP contribution in [0.4, 0.5) is 11.8 Å². The number of aromatic nitrogens is 3. The fourth-order valence-electron chi connectivity index (χ4n) is 3.22. The van der Waals surface area contributed by atoms with Crippen molar-refractivity contribution in [3.63, 3.8) is 0 Å². The number of aryl methyl sites for hydroxylation is 1. The number of pyridine rings is 1. The minimum Gasteiger partial charge on any atom is -0.497 e. The van der Waals surface area contributed by atoms with Gasteiger partial charge in [-0.1, -0.05) is 13.3 Å². The number of fused-ring (bicyclic) bond motifs is 1. The number of nitrogens with one attached hydrogen (secondary N) is 2. The van der Waals surface area contributed by atoms with Crippen molar-refractivity contribution in [2.24, 2.45) is 0 Å². The minimum absolute atomic E-state index is 0.0248. The average molecular weight is 412 g/mol. The van der Waals surface area contributed by atoms with Gasteiger partial charge in [0.2, 0.25) is 5.95 Å². The van der Waals surface area contributed by atoms with Crippen LogP contribution < -0.4 is 20.1 Å². The van der Waals surface area contributed by atoms with E-state index >= 15 is 0 Å². The monoisotopic (exact) mass is 411 g/mol. The molecule has 8 heteroatoms. The van der Waals surface area contributed by atoms with Crippen molar-refractivity contribution in [1.29, 1.82) is 0 Å². The highest BCUT2D eigenvalue weighted by Crippen LogP contribution is 2.26. The van der Waals surface area contributed by atoms with Gasteiger partial charge in [-0.25, -0.2) is 4.98 Å². The fourth-order valence-corrected chi connectivity index (χ4v) is 3.22. The van der Waals surface area contributed by atoms with E-state index in [2.05, 4.69) is 32.5 Å². The molecule has 1 atom stereocenters. The second kappa shape index (κ2) is 10.1. The highest BCUT2D eigenvalue weighted by atomic mass is 16.5. The average Bonchev–Trinajstić information content (AvgIpc) is 2.76. The van der Waals surface area contributed by atoms with Crippen molar-refractivity contribution in [2.75, 3.05) is 31.5 Å². The third-order valence-electron chi connectivity index (χ3n) is 4.80. The van der Waals surface area contributed by atoms with Gasteiger partial charge in [0.15, 0.2) is 5.82 Å². The van der Waals surface area contributed by atoms with Gasteiger partial charge in [-0.3, -0.25) is 4.98 Å². The molecular weight excluding hydrogens is 382 g/mol. The molecule has 30 heavy (non-hydrogen) atoms. The summed E-state index contributed by atoms with van der Waals surface area (Å²) >= 11 is 0. The number of hydrogen-bond acceptors (Lipinski definition) is 8. The summed E-state index contributed by atoms with van der Waals surface area (Å²) in [4.78, 5) is 13.8. The Hall–Kier alpha value is -3.13. The van der Waals surface area contributed by atoms with E-state index in [0.29, 0.717) is 23.8 Å². The van der Waals surface area contributed by atoms with Gasteiger partial charge in [0.25, 0.3) is 0 Å². The Morgan fingerprint density at radius 3 is 2.67 bits per heavy atom. The summed E-state index contributed by atoms with van der Waals surface area (Å²) in [5.41, 5.74) is 3.40. The largest absolute Gasteiger partial charge is 0.497 e. The third kappa shape index (κ3) is 5.07. The van der Waals surface area contributed by atoms with Crippen LogP contribution in [-0.4, -0.2) is 46.9 Å². The molecule has 0 saturated heterocycles. The minimum atomic E-state index is -0.0919. The van der Waals surface area contributed by atoms with Gasteiger partial charge >= 0.3 is 0 Å². The molecule has 160 valence electrons. The summed E-state index contributed by atoms with van der Waals surface area (Å²) in [7, 11) is 3.25. The van der Waals surface area contributed by atoms with Gasteiger partial charge in [0.1, 0.15) is 17.0 Å². The Labute approximate surface area is 176 Å². The summed E-state index contributed by atoms with van der Waals surface area (Å²) in [6.07, 6.45) is 3.58. The number of anilines is 2. The summed E-state index contributed by atoms with van der Waals surface area (Å²) in [6, 6.07) is 7.56. The first-order valence-corrected chi connectivity index (χ1v) is 10.0. The topological polar surface area (TPSA) is 101 Å². The second-order valence-electron chi connectivity index (χ2n) is 7.12. The van der Waals surface area contributed by atoms with E-state index in [9.17, 15) is 5.11 Å². The number of ether oxygens (including phenoxy) is 2. The zero-order valence-electron chi connectivity index (χ0n) is 17.9. The lowest BCUT2D eigenvalue weighted by molar-refractivity contribution is 0.268. The van der Waals surface area contributed by atoms with Crippen molar-refractivity contribution in [3.8, 4) is 11.5 Å². The summed E-state index contributed by atoms with van der Waals surface area (Å²) in [6.45, 7) is 4.57. The smallest absolute Gasteiger partial charge is 0.225 e. The van der Waals surface area contributed by atoms with Crippen LogP contribution in [0.1, 0.15) is 30.9 Å². The van der Waals surface area contributed by atoms with Crippen LogP contribution in [0.25, 0.3) is 11.0 Å². The van der Waals surface area contributed by atoms with E-state index < -0.39 is 0 Å². The number of aliphatic hydroxyl groups is 1. The molecule has 0 fully saturated rings. The molecule has 0 spiro atoms. The Morgan fingerprint density at radius 2 is 1.97 bits per heavy atom. The molecule has 2 heterocycles. The number of methoxy groups -OCH3 is 2. The Bertz CT molecular complexity index is 996. The molecule has 0 amide bonds. The van der Waals surface area contributed by atoms with Gasteiger partial charge < -0.3 is 25.2 Å². The molecule has 3 rings (SSSR count). The molecule has 0 aliphatic carbocycles. The standard InChI is InChI=1S/C22H29N5O3/c1-5-6-16(13-28)25-21-20-18(9-14(2)11-23-20)26-22(27-21)24-12-15-7-8-17(29-3)10-19(15)30-4/h7-11,16,28H,5-6,12-13H2,1-4H3,(H2,24,25,26,27). The highest BCUT2D eigenvalue weighted by molar-refractivity contribution is 5.86. The van der Waals surface area contributed by atoms with Crippen LogP contribution >= 0.6 is 0 Å². The summed E-state index contributed by atoms with van der Waals surface area (Å²) < 4.78 is 10.7. The van der Waals surface area contributed by atoms with E-state index in [1.165, 1.54) is 0 Å². The molecule has 0 saturated carbocycles. The van der Waals surface area contributed by atoms with Gasteiger partial charge in [0.05, 0.1) is 32.4 Å². The maximum absolute atomic E-state index is 9.69. The zero-order valence-corrected chi connectivity index (χ0v) is 17.9.